The lowest BCUT2D eigenvalue weighted by molar-refractivity contribution is 1.05. The standard InChI is InChI=1S/C17H14BrClN8/c18-11-5-10(8-21)14(13(19)6-11)24-17-26-15(22)25-16(27-17)23-12-3-1-9(7-20)2-4-12/h1-6H,8,21H2,(H4,22,23,24,25,26,27). The van der Waals surface area contributed by atoms with Gasteiger partial charge in [-0.2, -0.15) is 20.2 Å². The predicted molar refractivity (Wildman–Crippen MR) is 109 cm³/mol. The second-order valence-electron chi connectivity index (χ2n) is 5.41. The molecular formula is C17H14BrClN8. The van der Waals surface area contributed by atoms with Crippen LogP contribution in [0.3, 0.4) is 0 Å². The van der Waals surface area contributed by atoms with Crippen LogP contribution in [0.1, 0.15) is 11.1 Å². The Kier molecular flexibility index (Phi) is 5.71. The maximum absolute atomic E-state index is 8.86. The van der Waals surface area contributed by atoms with Crippen molar-refractivity contribution < 1.29 is 0 Å². The average Bonchev–Trinajstić information content (AvgIpc) is 2.64. The summed E-state index contributed by atoms with van der Waals surface area (Å²) in [7, 11) is 0. The van der Waals surface area contributed by atoms with E-state index in [-0.39, 0.29) is 24.4 Å². The number of halogens is 2. The molecule has 0 amide bonds. The molecule has 0 spiro atoms. The summed E-state index contributed by atoms with van der Waals surface area (Å²) in [6, 6.07) is 12.5. The van der Waals surface area contributed by atoms with Crippen LogP contribution in [-0.4, -0.2) is 15.0 Å². The Morgan fingerprint density at radius 3 is 2.37 bits per heavy atom. The molecule has 10 heteroatoms. The number of nitrogens with one attached hydrogen (secondary N) is 2. The number of hydrogen-bond donors (Lipinski definition) is 4. The summed E-state index contributed by atoms with van der Waals surface area (Å²) in [6.07, 6.45) is 0. The number of aromatic nitrogens is 3. The minimum absolute atomic E-state index is 0.0335. The molecule has 1 heterocycles. The first-order valence-electron chi connectivity index (χ1n) is 7.72. The van der Waals surface area contributed by atoms with Crippen molar-refractivity contribution in [3.8, 4) is 6.07 Å². The van der Waals surface area contributed by atoms with Crippen LogP contribution in [0.15, 0.2) is 40.9 Å². The Bertz CT molecular complexity index is 1020. The number of nitrogen functional groups attached to an aromatic ring is 1. The third-order valence-corrected chi connectivity index (χ3v) is 4.27. The second kappa shape index (κ2) is 8.18. The lowest BCUT2D eigenvalue weighted by Crippen LogP contribution is -2.09. The van der Waals surface area contributed by atoms with Gasteiger partial charge in [0.2, 0.25) is 17.8 Å². The first kappa shape index (κ1) is 18.8. The number of benzene rings is 2. The van der Waals surface area contributed by atoms with Gasteiger partial charge in [0.05, 0.1) is 22.3 Å². The van der Waals surface area contributed by atoms with Gasteiger partial charge >= 0.3 is 0 Å². The van der Waals surface area contributed by atoms with Gasteiger partial charge in [0.15, 0.2) is 0 Å². The average molecular weight is 446 g/mol. The molecule has 3 aromatic rings. The molecule has 0 unspecified atom stereocenters. The number of nitrogens with two attached hydrogens (primary N) is 2. The zero-order valence-electron chi connectivity index (χ0n) is 13.9. The van der Waals surface area contributed by atoms with Gasteiger partial charge in [-0.05, 0) is 42.0 Å². The second-order valence-corrected chi connectivity index (χ2v) is 6.73. The van der Waals surface area contributed by atoms with Crippen LogP contribution in [0.5, 0.6) is 0 Å². The Morgan fingerprint density at radius 2 is 1.74 bits per heavy atom. The van der Waals surface area contributed by atoms with Gasteiger partial charge in [-0.1, -0.05) is 27.5 Å². The number of nitrogens with zero attached hydrogens (tertiary/aromatic N) is 4. The highest BCUT2D eigenvalue weighted by Crippen LogP contribution is 2.32. The number of anilines is 5. The third-order valence-electron chi connectivity index (χ3n) is 3.52. The van der Waals surface area contributed by atoms with E-state index in [1.165, 1.54) is 0 Å². The fourth-order valence-corrected chi connectivity index (χ4v) is 3.22. The van der Waals surface area contributed by atoms with Gasteiger partial charge in [0, 0.05) is 16.7 Å². The van der Waals surface area contributed by atoms with Gasteiger partial charge in [0.1, 0.15) is 0 Å². The Labute approximate surface area is 168 Å². The van der Waals surface area contributed by atoms with Crippen LogP contribution in [0, 0.1) is 11.3 Å². The lowest BCUT2D eigenvalue weighted by Gasteiger charge is -2.13. The summed E-state index contributed by atoms with van der Waals surface area (Å²) in [6.45, 7) is 0.276. The first-order chi connectivity index (χ1) is 13.0. The molecule has 2 aromatic carbocycles. The molecule has 6 N–H and O–H groups in total. The van der Waals surface area contributed by atoms with Crippen molar-refractivity contribution in [2.45, 2.75) is 6.54 Å². The summed E-state index contributed by atoms with van der Waals surface area (Å²) < 4.78 is 0.817. The van der Waals surface area contributed by atoms with Crippen molar-refractivity contribution in [3.05, 3.63) is 57.0 Å². The largest absolute Gasteiger partial charge is 0.368 e. The summed E-state index contributed by atoms with van der Waals surface area (Å²) in [4.78, 5) is 12.5. The van der Waals surface area contributed by atoms with E-state index in [0.717, 1.165) is 10.0 Å². The minimum Gasteiger partial charge on any atom is -0.368 e. The van der Waals surface area contributed by atoms with Gasteiger partial charge in [-0.25, -0.2) is 0 Å². The van der Waals surface area contributed by atoms with Crippen LogP contribution < -0.4 is 22.1 Å². The molecule has 0 aliphatic heterocycles. The van der Waals surface area contributed by atoms with Gasteiger partial charge < -0.3 is 22.1 Å². The number of rotatable bonds is 5. The van der Waals surface area contributed by atoms with Crippen LogP contribution in [0.4, 0.5) is 29.2 Å². The fraction of sp³-hybridized carbons (Fsp3) is 0.0588. The zero-order valence-corrected chi connectivity index (χ0v) is 16.2. The van der Waals surface area contributed by atoms with E-state index >= 15 is 0 Å². The van der Waals surface area contributed by atoms with Crippen molar-refractivity contribution in [2.24, 2.45) is 5.73 Å². The van der Waals surface area contributed by atoms with Crippen LogP contribution in [-0.2, 0) is 6.54 Å². The minimum atomic E-state index is 0.0335. The molecule has 0 atom stereocenters. The number of nitriles is 1. The van der Waals surface area contributed by atoms with Crippen molar-refractivity contribution in [1.29, 1.82) is 5.26 Å². The highest BCUT2D eigenvalue weighted by Gasteiger charge is 2.12. The Balaban J connectivity index is 1.89. The monoisotopic (exact) mass is 444 g/mol. The van der Waals surface area contributed by atoms with E-state index in [0.29, 0.717) is 22.0 Å². The molecule has 0 radical (unpaired) electrons. The summed E-state index contributed by atoms with van der Waals surface area (Å²) in [5, 5.41) is 15.4. The molecule has 136 valence electrons. The van der Waals surface area contributed by atoms with Gasteiger partial charge in [-0.15, -0.1) is 0 Å². The third kappa shape index (κ3) is 4.62. The maximum Gasteiger partial charge on any atom is 0.233 e. The molecule has 3 rings (SSSR count). The van der Waals surface area contributed by atoms with Gasteiger partial charge in [-0.3, -0.25) is 0 Å². The topological polar surface area (TPSA) is 139 Å². The summed E-state index contributed by atoms with van der Waals surface area (Å²) in [5.41, 5.74) is 14.2. The quantitative estimate of drug-likeness (QED) is 0.466. The van der Waals surface area contributed by atoms with Crippen LogP contribution in [0.25, 0.3) is 0 Å². The molecule has 8 nitrogen and oxygen atoms in total. The fourth-order valence-electron chi connectivity index (χ4n) is 2.30. The molecule has 0 saturated carbocycles. The lowest BCUT2D eigenvalue weighted by atomic mass is 10.2. The molecule has 0 aliphatic carbocycles. The molecule has 27 heavy (non-hydrogen) atoms. The molecule has 0 fully saturated rings. The molecular weight excluding hydrogens is 432 g/mol. The van der Waals surface area contributed by atoms with E-state index in [1.807, 2.05) is 6.07 Å². The van der Waals surface area contributed by atoms with E-state index in [2.05, 4.69) is 47.6 Å². The summed E-state index contributed by atoms with van der Waals surface area (Å²) >= 11 is 9.69. The van der Waals surface area contributed by atoms with E-state index in [1.54, 1.807) is 30.3 Å². The molecule has 1 aromatic heterocycles. The number of hydrogen-bond acceptors (Lipinski definition) is 8. The zero-order chi connectivity index (χ0) is 19.4. The maximum atomic E-state index is 8.86. The molecule has 0 bridgehead atoms. The highest BCUT2D eigenvalue weighted by molar-refractivity contribution is 9.10. The highest BCUT2D eigenvalue weighted by atomic mass is 79.9. The molecule has 0 saturated heterocycles. The van der Waals surface area contributed by atoms with Crippen molar-refractivity contribution in [1.82, 2.24) is 15.0 Å². The first-order valence-corrected chi connectivity index (χ1v) is 8.89. The van der Waals surface area contributed by atoms with E-state index in [4.69, 9.17) is 28.3 Å². The predicted octanol–water partition coefficient (Wildman–Crippen LogP) is 3.69. The smallest absolute Gasteiger partial charge is 0.233 e. The van der Waals surface area contributed by atoms with Crippen LogP contribution >= 0.6 is 27.5 Å². The summed E-state index contributed by atoms with van der Waals surface area (Å²) in [5.74, 6) is 0.501. The van der Waals surface area contributed by atoms with Crippen molar-refractivity contribution in [3.63, 3.8) is 0 Å². The Morgan fingerprint density at radius 1 is 1.07 bits per heavy atom. The normalized spacial score (nSPS) is 10.3. The Hall–Kier alpha value is -2.93. The van der Waals surface area contributed by atoms with Crippen molar-refractivity contribution in [2.75, 3.05) is 16.4 Å². The van der Waals surface area contributed by atoms with Gasteiger partial charge in [0.25, 0.3) is 0 Å². The SMILES string of the molecule is N#Cc1ccc(Nc2nc(N)nc(Nc3c(Cl)cc(Br)cc3CN)n2)cc1. The van der Waals surface area contributed by atoms with E-state index in [9.17, 15) is 0 Å². The van der Waals surface area contributed by atoms with Crippen LogP contribution in [0.2, 0.25) is 5.02 Å². The van der Waals surface area contributed by atoms with Crippen molar-refractivity contribution >= 4 is 56.8 Å². The van der Waals surface area contributed by atoms with E-state index < -0.39 is 0 Å². The molecule has 0 aliphatic rings.